The van der Waals surface area contributed by atoms with E-state index in [4.69, 9.17) is 9.47 Å². The number of nitrogens with zero attached hydrogens (tertiary/aromatic N) is 4. The third-order valence-electron chi connectivity index (χ3n) is 4.91. The number of anilines is 1. The summed E-state index contributed by atoms with van der Waals surface area (Å²) < 4.78 is 12.2. The van der Waals surface area contributed by atoms with Crippen molar-refractivity contribution >= 4 is 29.3 Å². The molecule has 2 heterocycles. The number of aromatic nitrogens is 4. The van der Waals surface area contributed by atoms with Gasteiger partial charge in [0.05, 0.1) is 30.7 Å². The molecule has 0 atom stereocenters. The number of hydrogen-bond donors (Lipinski definition) is 1. The van der Waals surface area contributed by atoms with Gasteiger partial charge in [-0.15, -0.1) is 10.2 Å². The lowest BCUT2D eigenvalue weighted by atomic mass is 10.2. The monoisotopic (exact) mass is 489 g/mol. The number of methoxy groups -OCH3 is 1. The summed E-state index contributed by atoms with van der Waals surface area (Å²) in [5, 5.41) is 12.0. The molecule has 4 aromatic rings. The highest BCUT2D eigenvalue weighted by molar-refractivity contribution is 7.99. The van der Waals surface area contributed by atoms with Gasteiger partial charge in [0.1, 0.15) is 5.75 Å². The topological polar surface area (TPSA) is 108 Å². The lowest BCUT2D eigenvalue weighted by Gasteiger charge is -2.12. The second-order valence-corrected chi connectivity index (χ2v) is 8.13. The molecule has 0 aliphatic heterocycles. The third kappa shape index (κ3) is 5.67. The molecule has 0 aliphatic carbocycles. The number of esters is 1. The van der Waals surface area contributed by atoms with Crippen molar-refractivity contribution in [2.24, 2.45) is 0 Å². The van der Waals surface area contributed by atoms with Gasteiger partial charge in [-0.25, -0.2) is 4.79 Å². The van der Waals surface area contributed by atoms with Gasteiger partial charge in [-0.05, 0) is 55.5 Å². The quantitative estimate of drug-likeness (QED) is 0.275. The summed E-state index contributed by atoms with van der Waals surface area (Å²) in [6.07, 6.45) is 3.39. The SMILES string of the molecule is CCOC(=O)c1ccccc1NC(=O)CSc1nnc(-c2cccnc2)n1-c1ccc(OC)cc1. The Morgan fingerprint density at radius 2 is 1.83 bits per heavy atom. The normalized spacial score (nSPS) is 10.6. The summed E-state index contributed by atoms with van der Waals surface area (Å²) in [4.78, 5) is 29.1. The van der Waals surface area contributed by atoms with E-state index >= 15 is 0 Å². The molecule has 0 saturated heterocycles. The van der Waals surface area contributed by atoms with Gasteiger partial charge in [0.2, 0.25) is 5.91 Å². The van der Waals surface area contributed by atoms with Crippen LogP contribution < -0.4 is 10.1 Å². The first-order valence-electron chi connectivity index (χ1n) is 10.8. The van der Waals surface area contributed by atoms with E-state index in [9.17, 15) is 9.59 Å². The van der Waals surface area contributed by atoms with Crippen molar-refractivity contribution in [2.75, 3.05) is 24.8 Å². The first-order chi connectivity index (χ1) is 17.1. The number of ether oxygens (including phenoxy) is 2. The number of thioether (sulfide) groups is 1. The highest BCUT2D eigenvalue weighted by Crippen LogP contribution is 2.29. The van der Waals surface area contributed by atoms with Gasteiger partial charge in [0.25, 0.3) is 0 Å². The Balaban J connectivity index is 1.56. The van der Waals surface area contributed by atoms with E-state index in [0.29, 0.717) is 22.2 Å². The molecule has 1 amide bonds. The second-order valence-electron chi connectivity index (χ2n) is 7.18. The highest BCUT2D eigenvalue weighted by atomic mass is 32.2. The number of para-hydroxylation sites is 1. The lowest BCUT2D eigenvalue weighted by Crippen LogP contribution is -2.17. The van der Waals surface area contributed by atoms with E-state index in [1.54, 1.807) is 50.7 Å². The standard InChI is InChI=1S/C25H23N5O4S/c1-3-34-24(32)20-8-4-5-9-21(20)27-22(31)16-35-25-29-28-23(17-7-6-14-26-15-17)30(25)18-10-12-19(33-2)13-11-18/h4-15H,3,16H2,1-2H3,(H,27,31). The number of nitrogens with one attached hydrogen (secondary N) is 1. The molecule has 0 fully saturated rings. The average Bonchev–Trinajstić information content (AvgIpc) is 3.32. The number of benzene rings is 2. The fourth-order valence-corrected chi connectivity index (χ4v) is 4.06. The molecule has 0 radical (unpaired) electrons. The van der Waals surface area contributed by atoms with Crippen LogP contribution in [0.2, 0.25) is 0 Å². The first kappa shape index (κ1) is 24.0. The summed E-state index contributed by atoms with van der Waals surface area (Å²) in [6, 6.07) is 17.9. The number of pyridine rings is 1. The Labute approximate surface area is 206 Å². The number of rotatable bonds is 9. The summed E-state index contributed by atoms with van der Waals surface area (Å²) in [5.41, 5.74) is 2.29. The van der Waals surface area contributed by atoms with Gasteiger partial charge in [0, 0.05) is 23.6 Å². The Kier molecular flexibility index (Phi) is 7.74. The van der Waals surface area contributed by atoms with Crippen molar-refractivity contribution in [3.63, 3.8) is 0 Å². The van der Waals surface area contributed by atoms with Crippen LogP contribution >= 0.6 is 11.8 Å². The summed E-state index contributed by atoms with van der Waals surface area (Å²) >= 11 is 1.23. The van der Waals surface area contributed by atoms with Crippen LogP contribution in [0.5, 0.6) is 5.75 Å². The van der Waals surface area contributed by atoms with Crippen LogP contribution in [-0.2, 0) is 9.53 Å². The van der Waals surface area contributed by atoms with Gasteiger partial charge in [-0.1, -0.05) is 23.9 Å². The molecule has 0 saturated carbocycles. The molecule has 1 N–H and O–H groups in total. The Hall–Kier alpha value is -4.18. The predicted molar refractivity (Wildman–Crippen MR) is 133 cm³/mol. The molecular formula is C25H23N5O4S. The zero-order chi connectivity index (χ0) is 24.6. The van der Waals surface area contributed by atoms with Gasteiger partial charge in [-0.3, -0.25) is 14.3 Å². The molecule has 9 nitrogen and oxygen atoms in total. The smallest absolute Gasteiger partial charge is 0.340 e. The van der Waals surface area contributed by atoms with E-state index in [1.807, 2.05) is 41.0 Å². The molecule has 2 aromatic heterocycles. The number of hydrogen-bond acceptors (Lipinski definition) is 8. The minimum atomic E-state index is -0.489. The Morgan fingerprint density at radius 3 is 2.54 bits per heavy atom. The Morgan fingerprint density at radius 1 is 1.03 bits per heavy atom. The summed E-state index contributed by atoms with van der Waals surface area (Å²) in [6.45, 7) is 1.98. The van der Waals surface area contributed by atoms with Crippen LogP contribution in [0.15, 0.2) is 78.2 Å². The molecule has 2 aromatic carbocycles. The van der Waals surface area contributed by atoms with E-state index in [-0.39, 0.29) is 18.3 Å². The zero-order valence-corrected chi connectivity index (χ0v) is 20.0. The van der Waals surface area contributed by atoms with Crippen molar-refractivity contribution in [1.82, 2.24) is 19.7 Å². The molecule has 178 valence electrons. The van der Waals surface area contributed by atoms with Crippen LogP contribution in [-0.4, -0.2) is 51.1 Å². The number of amides is 1. The van der Waals surface area contributed by atoms with Crippen molar-refractivity contribution < 1.29 is 19.1 Å². The zero-order valence-electron chi connectivity index (χ0n) is 19.2. The molecule has 0 bridgehead atoms. The molecule has 10 heteroatoms. The van der Waals surface area contributed by atoms with Crippen LogP contribution in [0.1, 0.15) is 17.3 Å². The molecule has 35 heavy (non-hydrogen) atoms. The minimum Gasteiger partial charge on any atom is -0.497 e. The van der Waals surface area contributed by atoms with Crippen LogP contribution in [0.4, 0.5) is 5.69 Å². The van der Waals surface area contributed by atoms with E-state index in [2.05, 4.69) is 20.5 Å². The van der Waals surface area contributed by atoms with Crippen molar-refractivity contribution in [1.29, 1.82) is 0 Å². The lowest BCUT2D eigenvalue weighted by molar-refractivity contribution is -0.113. The van der Waals surface area contributed by atoms with Crippen LogP contribution in [0.25, 0.3) is 17.1 Å². The third-order valence-corrected chi connectivity index (χ3v) is 5.84. The molecule has 0 aliphatic rings. The largest absolute Gasteiger partial charge is 0.497 e. The maximum atomic E-state index is 12.8. The fourth-order valence-electron chi connectivity index (χ4n) is 3.30. The maximum absolute atomic E-state index is 12.8. The second kappa shape index (κ2) is 11.3. The van der Waals surface area contributed by atoms with Crippen molar-refractivity contribution in [3.8, 4) is 22.8 Å². The fraction of sp³-hybridized carbons (Fsp3) is 0.160. The Bertz CT molecular complexity index is 1310. The van der Waals surface area contributed by atoms with Crippen LogP contribution in [0, 0.1) is 0 Å². The van der Waals surface area contributed by atoms with Gasteiger partial charge >= 0.3 is 5.97 Å². The molecule has 0 unspecified atom stereocenters. The molecule has 4 rings (SSSR count). The number of carbonyl (C=O) groups excluding carboxylic acids is 2. The molecule has 0 spiro atoms. The van der Waals surface area contributed by atoms with E-state index in [1.165, 1.54) is 11.8 Å². The number of carbonyl (C=O) groups is 2. The summed E-state index contributed by atoms with van der Waals surface area (Å²) in [7, 11) is 1.61. The van der Waals surface area contributed by atoms with Gasteiger partial charge in [-0.2, -0.15) is 0 Å². The molecular weight excluding hydrogens is 466 g/mol. The van der Waals surface area contributed by atoms with Crippen LogP contribution in [0.3, 0.4) is 0 Å². The maximum Gasteiger partial charge on any atom is 0.340 e. The van der Waals surface area contributed by atoms with Crippen molar-refractivity contribution in [3.05, 3.63) is 78.6 Å². The predicted octanol–water partition coefficient (Wildman–Crippen LogP) is 4.25. The minimum absolute atomic E-state index is 0.0541. The van der Waals surface area contributed by atoms with E-state index < -0.39 is 5.97 Å². The first-order valence-corrected chi connectivity index (χ1v) is 11.8. The highest BCUT2D eigenvalue weighted by Gasteiger charge is 2.19. The van der Waals surface area contributed by atoms with Gasteiger partial charge < -0.3 is 14.8 Å². The van der Waals surface area contributed by atoms with E-state index in [0.717, 1.165) is 17.0 Å². The average molecular weight is 490 g/mol. The van der Waals surface area contributed by atoms with Crippen molar-refractivity contribution in [2.45, 2.75) is 12.1 Å². The summed E-state index contributed by atoms with van der Waals surface area (Å²) in [5.74, 6) is 0.589. The van der Waals surface area contributed by atoms with Gasteiger partial charge in [0.15, 0.2) is 11.0 Å².